The van der Waals surface area contributed by atoms with Crippen molar-refractivity contribution in [3.63, 3.8) is 0 Å². The van der Waals surface area contributed by atoms with Gasteiger partial charge in [0.05, 0.1) is 7.11 Å². The highest BCUT2D eigenvalue weighted by Gasteiger charge is 2.25. The summed E-state index contributed by atoms with van der Waals surface area (Å²) in [6.45, 7) is 2.06. The van der Waals surface area contributed by atoms with Gasteiger partial charge in [0.25, 0.3) is 0 Å². The molecular weight excluding hydrogens is 421 g/mol. The van der Waals surface area contributed by atoms with Crippen molar-refractivity contribution in [2.45, 2.75) is 44.9 Å². The first-order valence-corrected chi connectivity index (χ1v) is 11.6. The first-order valence-electron chi connectivity index (χ1n) is 11.6. The Morgan fingerprint density at radius 1 is 0.879 bits per heavy atom. The van der Waals surface area contributed by atoms with Gasteiger partial charge in [-0.05, 0) is 78.3 Å². The zero-order valence-corrected chi connectivity index (χ0v) is 19.1. The van der Waals surface area contributed by atoms with Gasteiger partial charge in [-0.15, -0.1) is 0 Å². The summed E-state index contributed by atoms with van der Waals surface area (Å²) >= 11 is 0. The Balaban J connectivity index is 1.42. The van der Waals surface area contributed by atoms with Gasteiger partial charge < -0.3 is 4.74 Å². The number of aryl methyl sites for hydroxylation is 1. The van der Waals surface area contributed by atoms with Crippen molar-refractivity contribution >= 4 is 6.08 Å². The molecule has 0 radical (unpaired) electrons. The van der Waals surface area contributed by atoms with Crippen LogP contribution in [0.4, 0.5) is 13.2 Å². The lowest BCUT2D eigenvalue weighted by atomic mass is 9.78. The third-order valence-electron chi connectivity index (χ3n) is 6.73. The van der Waals surface area contributed by atoms with Gasteiger partial charge >= 0.3 is 0 Å². The fourth-order valence-corrected chi connectivity index (χ4v) is 4.68. The highest BCUT2D eigenvalue weighted by Crippen LogP contribution is 2.39. The molecule has 3 aromatic carbocycles. The molecule has 0 N–H and O–H groups in total. The molecule has 0 spiro atoms. The van der Waals surface area contributed by atoms with Crippen LogP contribution >= 0.6 is 0 Å². The van der Waals surface area contributed by atoms with Crippen molar-refractivity contribution in [3.8, 4) is 16.9 Å². The molecule has 1 nitrogen and oxygen atoms in total. The van der Waals surface area contributed by atoms with E-state index >= 15 is 4.39 Å². The maximum atomic E-state index is 15.0. The van der Waals surface area contributed by atoms with Crippen LogP contribution in [0, 0.1) is 23.4 Å². The maximum Gasteiger partial charge on any atom is 0.166 e. The summed E-state index contributed by atoms with van der Waals surface area (Å²) in [5.74, 6) is -1.29. The molecule has 0 bridgehead atoms. The zero-order valence-electron chi connectivity index (χ0n) is 19.1. The van der Waals surface area contributed by atoms with E-state index in [9.17, 15) is 8.78 Å². The number of allylic oxidation sites excluding steroid dienone is 1. The highest BCUT2D eigenvalue weighted by atomic mass is 19.2. The molecule has 1 fully saturated rings. The second-order valence-electron chi connectivity index (χ2n) is 8.75. The summed E-state index contributed by atoms with van der Waals surface area (Å²) in [7, 11) is 1.44. The van der Waals surface area contributed by atoms with E-state index in [2.05, 4.69) is 13.0 Å². The minimum atomic E-state index is -0.764. The molecule has 172 valence electrons. The smallest absolute Gasteiger partial charge is 0.166 e. The quantitative estimate of drug-likeness (QED) is 0.367. The molecule has 3 aromatic rings. The van der Waals surface area contributed by atoms with Crippen LogP contribution in [-0.2, 0) is 6.42 Å². The molecule has 1 saturated carbocycles. The summed E-state index contributed by atoms with van der Waals surface area (Å²) in [6, 6.07) is 16.0. The number of methoxy groups -OCH3 is 1. The van der Waals surface area contributed by atoms with Crippen molar-refractivity contribution in [2.75, 3.05) is 7.11 Å². The summed E-state index contributed by atoms with van der Waals surface area (Å²) in [5.41, 5.74) is 3.42. The lowest BCUT2D eigenvalue weighted by molar-refractivity contribution is 0.365. The molecule has 0 aromatic heterocycles. The molecular formula is C29H29F3O. The number of hydrogen-bond acceptors (Lipinski definition) is 1. The monoisotopic (exact) mass is 450 g/mol. The normalized spacial score (nSPS) is 18.6. The predicted molar refractivity (Wildman–Crippen MR) is 128 cm³/mol. The van der Waals surface area contributed by atoms with Gasteiger partial charge in [0.1, 0.15) is 0 Å². The number of ether oxygens (including phenoxy) is 1. The molecule has 1 aliphatic carbocycles. The summed E-state index contributed by atoms with van der Waals surface area (Å²) in [4.78, 5) is 0. The molecule has 1 aliphatic rings. The Bertz CT molecular complexity index is 1130. The third-order valence-corrected chi connectivity index (χ3v) is 6.73. The average molecular weight is 451 g/mol. The molecule has 0 unspecified atom stereocenters. The van der Waals surface area contributed by atoms with Crippen LogP contribution in [0.2, 0.25) is 0 Å². The van der Waals surface area contributed by atoms with E-state index in [0.29, 0.717) is 22.6 Å². The van der Waals surface area contributed by atoms with E-state index in [0.717, 1.165) is 37.7 Å². The Morgan fingerprint density at radius 3 is 2.24 bits per heavy atom. The number of halogens is 3. The summed E-state index contributed by atoms with van der Waals surface area (Å²) < 4.78 is 48.8. The van der Waals surface area contributed by atoms with Crippen molar-refractivity contribution in [3.05, 3.63) is 94.8 Å². The molecule has 0 heterocycles. The molecule has 33 heavy (non-hydrogen) atoms. The Hall–Kier alpha value is -3.01. The maximum absolute atomic E-state index is 15.0. The summed E-state index contributed by atoms with van der Waals surface area (Å²) in [5, 5.41) is 0. The molecule has 0 amide bonds. The van der Waals surface area contributed by atoms with Gasteiger partial charge in [-0.2, -0.15) is 0 Å². The van der Waals surface area contributed by atoms with Gasteiger partial charge in [0.15, 0.2) is 23.2 Å². The van der Waals surface area contributed by atoms with Crippen LogP contribution in [0.1, 0.15) is 55.2 Å². The zero-order chi connectivity index (χ0) is 23.4. The van der Waals surface area contributed by atoms with Crippen molar-refractivity contribution < 1.29 is 17.9 Å². The molecule has 0 atom stereocenters. The fourth-order valence-electron chi connectivity index (χ4n) is 4.68. The first kappa shape index (κ1) is 23.2. The minimum Gasteiger partial charge on any atom is -0.494 e. The van der Waals surface area contributed by atoms with Crippen LogP contribution in [0.3, 0.4) is 0 Å². The first-order chi connectivity index (χ1) is 16.0. The molecule has 0 aliphatic heterocycles. The predicted octanol–water partition coefficient (Wildman–Crippen LogP) is 8.33. The van der Waals surface area contributed by atoms with E-state index in [-0.39, 0.29) is 17.5 Å². The van der Waals surface area contributed by atoms with E-state index < -0.39 is 11.6 Å². The van der Waals surface area contributed by atoms with E-state index in [4.69, 9.17) is 4.74 Å². The molecule has 0 saturated heterocycles. The number of benzene rings is 3. The number of rotatable bonds is 6. The van der Waals surface area contributed by atoms with Crippen LogP contribution < -0.4 is 4.74 Å². The SMILES string of the molecule is CCc1ccc(-c2ccc(C3CCC(C=Cc4ccc(OC)c(F)c4)CC3)c(F)c2F)cc1. The summed E-state index contributed by atoms with van der Waals surface area (Å²) in [6.07, 6.45) is 8.30. The van der Waals surface area contributed by atoms with Gasteiger partial charge in [-0.1, -0.05) is 61.5 Å². The largest absolute Gasteiger partial charge is 0.494 e. The van der Waals surface area contributed by atoms with Gasteiger partial charge in [0, 0.05) is 5.56 Å². The van der Waals surface area contributed by atoms with Crippen LogP contribution in [0.5, 0.6) is 5.75 Å². The van der Waals surface area contributed by atoms with Crippen LogP contribution in [-0.4, -0.2) is 7.11 Å². The van der Waals surface area contributed by atoms with E-state index in [1.807, 2.05) is 36.4 Å². The van der Waals surface area contributed by atoms with E-state index in [1.54, 1.807) is 18.2 Å². The lowest BCUT2D eigenvalue weighted by Gasteiger charge is -2.27. The third kappa shape index (κ3) is 5.16. The van der Waals surface area contributed by atoms with Gasteiger partial charge in [0.2, 0.25) is 0 Å². The van der Waals surface area contributed by atoms with Crippen molar-refractivity contribution in [1.29, 1.82) is 0 Å². The Kier molecular flexibility index (Phi) is 7.22. The molecule has 4 rings (SSSR count). The Labute approximate surface area is 193 Å². The topological polar surface area (TPSA) is 9.23 Å². The van der Waals surface area contributed by atoms with E-state index in [1.165, 1.54) is 18.7 Å². The van der Waals surface area contributed by atoms with Gasteiger partial charge in [-0.3, -0.25) is 0 Å². The average Bonchev–Trinajstić information content (AvgIpc) is 2.85. The standard InChI is InChI=1S/C29H29F3O/c1-3-19-6-11-22(12-7-19)24-15-16-25(29(32)28(24)31)23-13-8-20(9-14-23)4-5-21-10-17-27(33-2)26(30)18-21/h4-7,10-12,15-18,20,23H,3,8-9,13-14H2,1-2H3. The van der Waals surface area contributed by atoms with Crippen molar-refractivity contribution in [1.82, 2.24) is 0 Å². The van der Waals surface area contributed by atoms with Crippen molar-refractivity contribution in [2.24, 2.45) is 5.92 Å². The highest BCUT2D eigenvalue weighted by molar-refractivity contribution is 5.65. The Morgan fingerprint density at radius 2 is 1.61 bits per heavy atom. The van der Waals surface area contributed by atoms with Gasteiger partial charge in [-0.25, -0.2) is 13.2 Å². The van der Waals surface area contributed by atoms with Crippen LogP contribution in [0.25, 0.3) is 17.2 Å². The van der Waals surface area contributed by atoms with Crippen LogP contribution in [0.15, 0.2) is 60.7 Å². The second-order valence-corrected chi connectivity index (χ2v) is 8.75. The lowest BCUT2D eigenvalue weighted by Crippen LogP contribution is -2.13. The minimum absolute atomic E-state index is 0.0131. The second kappa shape index (κ2) is 10.3. The molecule has 4 heteroatoms. The number of hydrogen-bond donors (Lipinski definition) is 0. The fraction of sp³-hybridized carbons (Fsp3) is 0.310.